The van der Waals surface area contributed by atoms with E-state index in [4.69, 9.17) is 0 Å². The molecule has 15 heavy (non-hydrogen) atoms. The quantitative estimate of drug-likeness (QED) is 0.862. The molecule has 80 valence electrons. The maximum Gasteiger partial charge on any atom is 0.117 e. The van der Waals surface area contributed by atoms with Gasteiger partial charge in [-0.25, -0.2) is 0 Å². The Kier molecular flexibility index (Phi) is 3.22. The zero-order chi connectivity index (χ0) is 10.8. The van der Waals surface area contributed by atoms with Gasteiger partial charge in [0.2, 0.25) is 0 Å². The van der Waals surface area contributed by atoms with Crippen molar-refractivity contribution in [1.82, 2.24) is 0 Å². The van der Waals surface area contributed by atoms with Crippen molar-refractivity contribution < 1.29 is 5.11 Å². The standard InChI is InChI=1S/C12H14OS2/c1-8(2)14-6-9-7-15-12-5-10(13)3-4-11(9)12/h3-5,7-8,13H,6H2,1-2H3. The highest BCUT2D eigenvalue weighted by Gasteiger charge is 2.05. The maximum atomic E-state index is 9.36. The monoisotopic (exact) mass is 238 g/mol. The second-order valence-corrected chi connectivity index (χ2v) is 6.28. The fraction of sp³-hybridized carbons (Fsp3) is 0.333. The van der Waals surface area contributed by atoms with Crippen LogP contribution in [0.5, 0.6) is 5.75 Å². The van der Waals surface area contributed by atoms with E-state index in [1.165, 1.54) is 15.6 Å². The van der Waals surface area contributed by atoms with Gasteiger partial charge < -0.3 is 5.11 Å². The van der Waals surface area contributed by atoms with Gasteiger partial charge >= 0.3 is 0 Å². The van der Waals surface area contributed by atoms with Crippen molar-refractivity contribution in [2.75, 3.05) is 0 Å². The fourth-order valence-electron chi connectivity index (χ4n) is 1.44. The molecule has 2 aromatic rings. The Morgan fingerprint density at radius 3 is 2.93 bits per heavy atom. The first-order valence-electron chi connectivity index (χ1n) is 4.97. The number of phenolic OH excluding ortho intramolecular Hbond substituents is 1. The molecule has 0 saturated heterocycles. The highest BCUT2D eigenvalue weighted by Crippen LogP contribution is 2.31. The third-order valence-electron chi connectivity index (χ3n) is 2.21. The summed E-state index contributed by atoms with van der Waals surface area (Å²) in [4.78, 5) is 0. The molecule has 0 radical (unpaired) electrons. The van der Waals surface area contributed by atoms with Crippen LogP contribution in [-0.4, -0.2) is 10.4 Å². The molecule has 0 aliphatic heterocycles. The molecule has 0 atom stereocenters. The van der Waals surface area contributed by atoms with E-state index in [9.17, 15) is 5.11 Å². The van der Waals surface area contributed by atoms with Crippen LogP contribution in [0.1, 0.15) is 19.4 Å². The summed E-state index contributed by atoms with van der Waals surface area (Å²) in [5.74, 6) is 1.41. The number of rotatable bonds is 3. The van der Waals surface area contributed by atoms with Crippen LogP contribution in [0.25, 0.3) is 10.1 Å². The number of thioether (sulfide) groups is 1. The van der Waals surface area contributed by atoms with E-state index in [1.807, 2.05) is 23.9 Å². The highest BCUT2D eigenvalue weighted by molar-refractivity contribution is 7.99. The largest absolute Gasteiger partial charge is 0.508 e. The first-order valence-corrected chi connectivity index (χ1v) is 6.90. The molecule has 1 nitrogen and oxygen atoms in total. The molecule has 0 saturated carbocycles. The molecule has 0 amide bonds. The van der Waals surface area contributed by atoms with Crippen LogP contribution in [0.3, 0.4) is 0 Å². The topological polar surface area (TPSA) is 20.2 Å². The predicted octanol–water partition coefficient (Wildman–Crippen LogP) is 4.25. The second kappa shape index (κ2) is 4.45. The molecule has 3 heteroatoms. The lowest BCUT2D eigenvalue weighted by atomic mass is 10.2. The summed E-state index contributed by atoms with van der Waals surface area (Å²) in [5, 5.41) is 13.5. The molecule has 0 aliphatic carbocycles. The van der Waals surface area contributed by atoms with Gasteiger partial charge in [0, 0.05) is 10.5 Å². The number of thiophene rings is 1. The smallest absolute Gasteiger partial charge is 0.117 e. The minimum Gasteiger partial charge on any atom is -0.508 e. The van der Waals surface area contributed by atoms with Crippen molar-refractivity contribution in [3.05, 3.63) is 29.1 Å². The third-order valence-corrected chi connectivity index (χ3v) is 4.35. The van der Waals surface area contributed by atoms with Crippen molar-refractivity contribution >= 4 is 33.2 Å². The van der Waals surface area contributed by atoms with Gasteiger partial charge in [0.05, 0.1) is 0 Å². The fourth-order valence-corrected chi connectivity index (χ4v) is 3.29. The molecule has 0 aliphatic rings. The lowest BCUT2D eigenvalue weighted by molar-refractivity contribution is 0.476. The zero-order valence-electron chi connectivity index (χ0n) is 8.86. The van der Waals surface area contributed by atoms with Crippen LogP contribution >= 0.6 is 23.1 Å². The summed E-state index contributed by atoms with van der Waals surface area (Å²) >= 11 is 3.66. The summed E-state index contributed by atoms with van der Waals surface area (Å²) < 4.78 is 1.18. The van der Waals surface area contributed by atoms with E-state index >= 15 is 0 Å². The molecule has 1 aromatic heterocycles. The van der Waals surface area contributed by atoms with Crippen LogP contribution in [0.4, 0.5) is 0 Å². The Hall–Kier alpha value is -0.670. The van der Waals surface area contributed by atoms with Gasteiger partial charge in [-0.1, -0.05) is 13.8 Å². The maximum absolute atomic E-state index is 9.36. The molecule has 1 aromatic carbocycles. The number of fused-ring (bicyclic) bond motifs is 1. The predicted molar refractivity (Wildman–Crippen MR) is 69.9 cm³/mol. The van der Waals surface area contributed by atoms with Crippen LogP contribution in [0.2, 0.25) is 0 Å². The lowest BCUT2D eigenvalue weighted by Crippen LogP contribution is -1.87. The van der Waals surface area contributed by atoms with Gasteiger partial charge in [0.25, 0.3) is 0 Å². The van der Waals surface area contributed by atoms with Crippen molar-refractivity contribution in [3.8, 4) is 5.75 Å². The van der Waals surface area contributed by atoms with Crippen LogP contribution in [-0.2, 0) is 5.75 Å². The SMILES string of the molecule is CC(C)SCc1csc2cc(O)ccc12. The minimum atomic E-state index is 0.354. The Morgan fingerprint density at radius 1 is 1.40 bits per heavy atom. The molecule has 0 unspecified atom stereocenters. The Bertz CT molecular complexity index is 460. The average molecular weight is 238 g/mol. The van der Waals surface area contributed by atoms with Crippen LogP contribution in [0, 0.1) is 0 Å². The lowest BCUT2D eigenvalue weighted by Gasteiger charge is -2.03. The van der Waals surface area contributed by atoms with Gasteiger partial charge in [0.1, 0.15) is 5.75 Å². The second-order valence-electron chi connectivity index (χ2n) is 3.80. The van der Waals surface area contributed by atoms with Crippen LogP contribution < -0.4 is 0 Å². The number of hydrogen-bond donors (Lipinski definition) is 1. The Labute approximate surface area is 98.1 Å². The van der Waals surface area contributed by atoms with Crippen molar-refractivity contribution in [2.24, 2.45) is 0 Å². The molecule has 1 heterocycles. The Balaban J connectivity index is 2.29. The molecular weight excluding hydrogens is 224 g/mol. The van der Waals surface area contributed by atoms with Crippen molar-refractivity contribution in [3.63, 3.8) is 0 Å². The van der Waals surface area contributed by atoms with E-state index in [2.05, 4.69) is 19.2 Å². The molecule has 0 fully saturated rings. The summed E-state index contributed by atoms with van der Waals surface area (Å²) in [5.41, 5.74) is 1.38. The van der Waals surface area contributed by atoms with Gasteiger partial charge in [-0.15, -0.1) is 11.3 Å². The van der Waals surface area contributed by atoms with Crippen molar-refractivity contribution in [2.45, 2.75) is 24.9 Å². The first kappa shape index (κ1) is 10.8. The van der Waals surface area contributed by atoms with E-state index in [1.54, 1.807) is 17.4 Å². The van der Waals surface area contributed by atoms with Gasteiger partial charge in [-0.2, -0.15) is 11.8 Å². The van der Waals surface area contributed by atoms with Gasteiger partial charge in [0.15, 0.2) is 0 Å². The molecule has 0 bridgehead atoms. The van der Waals surface area contributed by atoms with E-state index < -0.39 is 0 Å². The van der Waals surface area contributed by atoms with Crippen molar-refractivity contribution in [1.29, 1.82) is 0 Å². The van der Waals surface area contributed by atoms with E-state index in [0.717, 1.165) is 5.75 Å². The normalized spacial score (nSPS) is 11.4. The summed E-state index contributed by atoms with van der Waals surface area (Å²) in [6.45, 7) is 4.43. The number of benzene rings is 1. The minimum absolute atomic E-state index is 0.354. The highest BCUT2D eigenvalue weighted by atomic mass is 32.2. The van der Waals surface area contributed by atoms with E-state index in [-0.39, 0.29) is 0 Å². The van der Waals surface area contributed by atoms with Gasteiger partial charge in [-0.3, -0.25) is 0 Å². The zero-order valence-corrected chi connectivity index (χ0v) is 10.5. The Morgan fingerprint density at radius 2 is 2.20 bits per heavy atom. The molecule has 2 rings (SSSR count). The number of aromatic hydroxyl groups is 1. The summed E-state index contributed by atoms with van der Waals surface area (Å²) in [6.07, 6.45) is 0. The van der Waals surface area contributed by atoms with Gasteiger partial charge in [-0.05, 0) is 39.8 Å². The summed E-state index contributed by atoms with van der Waals surface area (Å²) in [6, 6.07) is 5.61. The number of phenols is 1. The first-order chi connectivity index (χ1) is 7.16. The summed E-state index contributed by atoms with van der Waals surface area (Å²) in [7, 11) is 0. The third kappa shape index (κ3) is 2.47. The van der Waals surface area contributed by atoms with E-state index in [0.29, 0.717) is 11.0 Å². The molecule has 0 spiro atoms. The van der Waals surface area contributed by atoms with Crippen LogP contribution in [0.15, 0.2) is 23.6 Å². The average Bonchev–Trinajstić information content (AvgIpc) is 2.57. The number of hydrogen-bond acceptors (Lipinski definition) is 3. The molecule has 1 N–H and O–H groups in total. The molecular formula is C12H14OS2.